The molecular formula is C108H100N16O22. The van der Waals surface area contributed by atoms with Crippen LogP contribution in [-0.4, -0.2) is 235 Å². The van der Waals surface area contributed by atoms with Crippen LogP contribution in [0.15, 0.2) is 219 Å². The zero-order chi connectivity index (χ0) is 104. The molecule has 2 unspecified atom stereocenters. The highest BCUT2D eigenvalue weighted by Crippen LogP contribution is 2.38. The zero-order valence-corrected chi connectivity index (χ0v) is 81.3. The lowest BCUT2D eigenvalue weighted by Gasteiger charge is -2.30. The predicted molar refractivity (Wildman–Crippen MR) is 531 cm³/mol. The molecule has 8 N–H and O–H groups in total. The first-order chi connectivity index (χ1) is 69.8. The molecule has 12 aromatic rings. The third-order valence-electron chi connectivity index (χ3n) is 22.2. The molecule has 0 spiro atoms. The molecule has 0 saturated carbocycles. The summed E-state index contributed by atoms with van der Waals surface area (Å²) in [5.41, 5.74) is 3.70. The van der Waals surface area contributed by atoms with Crippen molar-refractivity contribution < 1.29 is 106 Å². The molecular weight excluding hydrogens is 1870 g/mol. The molecule has 8 amide bonds. The van der Waals surface area contributed by atoms with E-state index in [0.29, 0.717) is 114 Å². The standard InChI is InChI=1S/2C27H24N4O6.2C27H26N4O5/c2*1-17-3-5-20(13-29-17)37-19-8-10-28-21(12-19)25(32)30-22-14-36-24-6-4-18(7-9-27(34)15-35-16-27)11-23(24)31(2)26(22)33;2*1-17-5-7-20(15-29-17)36-19-10-12-28-21(14-19)25(32)30-22-16-35-24-8-6-18(9-11-27(2,3)34)13-23(24)31(4)26(22)33/h2*3-6,8,10-13,22,34H,14-16H2,1-2H3,(H,30,32);2*5-8,10,12-15,22,34H,16H2,1-4H3,(H,30,32)/t22-;;22-;/m1.1./s1. The molecule has 38 nitrogen and oxygen atoms in total. The van der Waals surface area contributed by atoms with Crippen LogP contribution in [0.2, 0.25) is 0 Å². The molecule has 8 aromatic heterocycles. The first kappa shape index (κ1) is 103. The van der Waals surface area contributed by atoms with Gasteiger partial charge < -0.3 is 109 Å². The number of fused-ring (bicyclic) bond motifs is 4. The zero-order valence-electron chi connectivity index (χ0n) is 81.3. The third kappa shape index (κ3) is 27.1. The van der Waals surface area contributed by atoms with Crippen LogP contribution in [0, 0.1) is 75.1 Å². The first-order valence-corrected chi connectivity index (χ1v) is 45.6. The minimum atomic E-state index is -1.15. The molecule has 14 heterocycles. The van der Waals surface area contributed by atoms with E-state index in [0.717, 1.165) is 22.8 Å². The van der Waals surface area contributed by atoms with Crippen molar-refractivity contribution in [2.45, 2.75) is 102 Å². The number of anilines is 4. The predicted octanol–water partition coefficient (Wildman–Crippen LogP) is 9.39. The van der Waals surface area contributed by atoms with Crippen LogP contribution in [0.5, 0.6) is 69.0 Å². The maximum Gasteiger partial charge on any atom is 0.270 e. The first-order valence-electron chi connectivity index (χ1n) is 45.6. The van der Waals surface area contributed by atoms with Gasteiger partial charge in [0.15, 0.2) is 11.2 Å². The Bertz CT molecular complexity index is 6800. The summed E-state index contributed by atoms with van der Waals surface area (Å²) in [6.45, 7) is 14.3. The van der Waals surface area contributed by atoms with Crippen molar-refractivity contribution in [3.05, 3.63) is 287 Å². The van der Waals surface area contributed by atoms with Gasteiger partial charge in [-0.3, -0.25) is 78.2 Å². The number of nitrogens with zero attached hydrogens (tertiary/aromatic N) is 12. The Labute approximate surface area is 839 Å². The molecule has 0 aliphatic carbocycles. The van der Waals surface area contributed by atoms with Crippen molar-refractivity contribution in [3.8, 4) is 116 Å². The minimum absolute atomic E-state index is 0.0537. The van der Waals surface area contributed by atoms with Gasteiger partial charge in [-0.1, -0.05) is 47.4 Å². The number of benzene rings is 4. The van der Waals surface area contributed by atoms with E-state index in [2.05, 4.69) is 109 Å². The maximum absolute atomic E-state index is 13.2. The summed E-state index contributed by atoms with van der Waals surface area (Å²) >= 11 is 0. The molecule has 2 saturated heterocycles. The van der Waals surface area contributed by atoms with Gasteiger partial charge in [-0.2, -0.15) is 0 Å². The number of nitrogens with one attached hydrogen (secondary N) is 4. The smallest absolute Gasteiger partial charge is 0.270 e. The van der Waals surface area contributed by atoms with Crippen molar-refractivity contribution in [2.75, 3.05) is 101 Å². The topological polar surface area (TPSA) is 474 Å². The van der Waals surface area contributed by atoms with Crippen molar-refractivity contribution >= 4 is 70.0 Å². The molecule has 6 aliphatic rings. The van der Waals surface area contributed by atoms with E-state index in [1.165, 1.54) is 68.7 Å². The van der Waals surface area contributed by atoms with Crippen molar-refractivity contribution in [1.82, 2.24) is 61.1 Å². The molecule has 18 rings (SSSR count). The molecule has 0 radical (unpaired) electrons. The number of hydrogen-bond acceptors (Lipinski definition) is 30. The van der Waals surface area contributed by atoms with Gasteiger partial charge in [0, 0.05) is 122 Å². The van der Waals surface area contributed by atoms with Gasteiger partial charge in [-0.25, -0.2) is 0 Å². The number of ether oxygens (including phenoxy) is 10. The van der Waals surface area contributed by atoms with E-state index in [-0.39, 0.29) is 99.3 Å². The van der Waals surface area contributed by atoms with Gasteiger partial charge in [0.1, 0.15) is 154 Å². The number of carbonyl (C=O) groups excluding carboxylic acids is 8. The third-order valence-corrected chi connectivity index (χ3v) is 22.2. The number of aryl methyl sites for hydroxylation is 4. The number of aliphatic hydroxyl groups is 4. The highest BCUT2D eigenvalue weighted by atomic mass is 16.5. The number of aromatic nitrogens is 8. The Morgan fingerprint density at radius 2 is 0.568 bits per heavy atom. The monoisotopic (exact) mass is 1970 g/mol. The average Bonchev–Trinajstić information content (AvgIpc) is 1.71. The van der Waals surface area contributed by atoms with Gasteiger partial charge in [0.2, 0.25) is 0 Å². The summed E-state index contributed by atoms with van der Waals surface area (Å²) in [5.74, 6) is 24.7. The fourth-order valence-electron chi connectivity index (χ4n) is 14.2. The summed E-state index contributed by atoms with van der Waals surface area (Å²) < 4.78 is 56.4. The molecule has 4 atom stereocenters. The molecule has 38 heteroatoms. The van der Waals surface area contributed by atoms with Crippen LogP contribution in [0.25, 0.3) is 0 Å². The van der Waals surface area contributed by atoms with Gasteiger partial charge >= 0.3 is 0 Å². The number of hydrogen-bond donors (Lipinski definition) is 8. The number of amides is 8. The fourth-order valence-corrected chi connectivity index (χ4v) is 14.2. The fraction of sp³-hybridized carbons (Fsp3) is 0.259. The Balaban J connectivity index is 0.000000146. The molecule has 146 heavy (non-hydrogen) atoms. The van der Waals surface area contributed by atoms with E-state index < -0.39 is 70.2 Å². The van der Waals surface area contributed by atoms with E-state index in [1.807, 2.05) is 52.0 Å². The van der Waals surface area contributed by atoms with Crippen LogP contribution in [-0.2, 0) is 28.7 Å². The molecule has 0 bridgehead atoms. The van der Waals surface area contributed by atoms with Crippen molar-refractivity contribution in [1.29, 1.82) is 0 Å². The largest absolute Gasteiger partial charge is 0.489 e. The van der Waals surface area contributed by atoms with Crippen LogP contribution in [0.3, 0.4) is 0 Å². The minimum Gasteiger partial charge on any atom is -0.489 e. The molecule has 6 aliphatic heterocycles. The normalized spacial score (nSPS) is 16.4. The molecule has 4 aromatic carbocycles. The van der Waals surface area contributed by atoms with Crippen molar-refractivity contribution in [3.63, 3.8) is 0 Å². The average molecular weight is 1970 g/mol. The highest BCUT2D eigenvalue weighted by molar-refractivity contribution is 6.06. The van der Waals surface area contributed by atoms with Crippen molar-refractivity contribution in [2.24, 2.45) is 0 Å². The lowest BCUT2D eigenvalue weighted by molar-refractivity contribution is -0.140. The van der Waals surface area contributed by atoms with Gasteiger partial charge in [0.25, 0.3) is 47.3 Å². The van der Waals surface area contributed by atoms with Crippen LogP contribution in [0.1, 0.15) is 115 Å². The van der Waals surface area contributed by atoms with E-state index >= 15 is 0 Å². The Kier molecular flexibility index (Phi) is 31.6. The van der Waals surface area contributed by atoms with E-state index in [4.69, 9.17) is 47.4 Å². The maximum atomic E-state index is 13.2. The summed E-state index contributed by atoms with van der Waals surface area (Å²) in [7, 11) is 6.40. The Morgan fingerprint density at radius 1 is 0.336 bits per heavy atom. The lowest BCUT2D eigenvalue weighted by atomic mass is 10.0. The molecule has 2 fully saturated rings. The summed E-state index contributed by atoms with van der Waals surface area (Å²) in [6.07, 6.45) is 12.2. The molecule has 744 valence electrons. The van der Waals surface area contributed by atoms with Crippen LogP contribution in [0.4, 0.5) is 22.7 Å². The number of pyridine rings is 8. The Hall–Kier alpha value is -17.8. The quantitative estimate of drug-likeness (QED) is 0.0417. The number of likely N-dealkylation sites (N-methyl/N-ethyl adjacent to an activating group) is 4. The SMILES string of the molecule is Cc1ccc(Oc2ccnc(C(=O)NC3COc4ccc(C#CC(C)(C)O)cc4N(C)C3=O)c2)cn1.Cc1ccc(Oc2ccnc(C(=O)NC3COc4ccc(C#CC5(O)COC5)cc4N(C)C3=O)c2)cn1.Cc1ccc(Oc2ccnc(C(=O)N[C@@H]3COc4ccc(C#CC(C)(C)O)cc4N(C)C3=O)c2)cn1.Cc1ccc(Oc2ccnc(C(=O)N[C@@H]3COc4ccc(C#CC5(O)COC5)cc4N(C)C3=O)c2)cn1. The second kappa shape index (κ2) is 45.0. The lowest BCUT2D eigenvalue weighted by Crippen LogP contribution is -2.49. The number of rotatable bonds is 16. The summed E-state index contributed by atoms with van der Waals surface area (Å²) in [6, 6.07) is 43.7. The van der Waals surface area contributed by atoms with Gasteiger partial charge in [-0.15, -0.1) is 0 Å². The second-order valence-electron chi connectivity index (χ2n) is 35.3. The summed E-state index contributed by atoms with van der Waals surface area (Å²) in [4.78, 5) is 143. The van der Waals surface area contributed by atoms with Gasteiger partial charge in [-0.05, 0) is 201 Å². The summed E-state index contributed by atoms with van der Waals surface area (Å²) in [5, 5.41) is 50.7. The highest BCUT2D eigenvalue weighted by Gasteiger charge is 2.39. The Morgan fingerprint density at radius 3 is 0.774 bits per heavy atom. The van der Waals surface area contributed by atoms with E-state index in [1.54, 1.807) is 202 Å². The van der Waals surface area contributed by atoms with Gasteiger partial charge in [0.05, 0.1) is 74.0 Å². The van der Waals surface area contributed by atoms with Crippen LogP contribution < -0.4 is 78.8 Å². The second-order valence-corrected chi connectivity index (χ2v) is 35.3. The number of carbonyl (C=O) groups is 8. The van der Waals surface area contributed by atoms with Crippen LogP contribution >= 0.6 is 0 Å². The van der Waals surface area contributed by atoms with E-state index in [9.17, 15) is 58.8 Å².